The molecule has 1 aromatic heterocycles. The lowest BCUT2D eigenvalue weighted by molar-refractivity contribution is 0.0636. The Balaban J connectivity index is 1.40. The topological polar surface area (TPSA) is 36.4 Å². The first-order valence-electron chi connectivity index (χ1n) is 8.38. The van der Waals surface area contributed by atoms with Gasteiger partial charge >= 0.3 is 0 Å². The highest BCUT2D eigenvalue weighted by atomic mass is 35.5. The van der Waals surface area contributed by atoms with E-state index in [1.165, 1.54) is 5.56 Å². The lowest BCUT2D eigenvalue weighted by atomic mass is 10.1. The average Bonchev–Trinajstić information content (AvgIpc) is 2.64. The largest absolute Gasteiger partial charge is 0.336 e. The molecule has 126 valence electrons. The molecule has 4 nitrogen and oxygen atoms in total. The summed E-state index contributed by atoms with van der Waals surface area (Å²) in [6.45, 7) is 4.54. The van der Waals surface area contributed by atoms with Crippen molar-refractivity contribution in [1.29, 1.82) is 0 Å². The molecule has 0 spiro atoms. The minimum absolute atomic E-state index is 0.109. The van der Waals surface area contributed by atoms with Gasteiger partial charge in [-0.05, 0) is 49.2 Å². The van der Waals surface area contributed by atoms with Crippen molar-refractivity contribution in [2.24, 2.45) is 0 Å². The Morgan fingerprint density at radius 2 is 1.67 bits per heavy atom. The molecule has 0 atom stereocenters. The molecule has 1 saturated heterocycles. The molecule has 1 aliphatic rings. The number of amides is 1. The zero-order valence-electron chi connectivity index (χ0n) is 13.7. The third kappa shape index (κ3) is 4.56. The number of benzene rings is 1. The Bertz CT molecular complexity index is 652. The van der Waals surface area contributed by atoms with Crippen LogP contribution in [0.3, 0.4) is 0 Å². The number of carbonyl (C=O) groups excluding carboxylic acids is 1. The molecule has 3 rings (SSSR count). The predicted octanol–water partition coefficient (Wildman–Crippen LogP) is 3.13. The van der Waals surface area contributed by atoms with E-state index in [0.29, 0.717) is 0 Å². The van der Waals surface area contributed by atoms with Crippen molar-refractivity contribution in [3.8, 4) is 0 Å². The molecule has 1 aromatic carbocycles. The van der Waals surface area contributed by atoms with Gasteiger partial charge in [-0.3, -0.25) is 14.7 Å². The molecule has 1 amide bonds. The van der Waals surface area contributed by atoms with Gasteiger partial charge in [-0.25, -0.2) is 0 Å². The summed E-state index contributed by atoms with van der Waals surface area (Å²) in [6.07, 6.45) is 5.52. The van der Waals surface area contributed by atoms with Crippen LogP contribution in [0.25, 0.3) is 0 Å². The van der Waals surface area contributed by atoms with Crippen molar-refractivity contribution in [1.82, 2.24) is 14.8 Å². The number of pyridine rings is 1. The zero-order chi connectivity index (χ0) is 16.8. The lowest BCUT2D eigenvalue weighted by Gasteiger charge is -2.34. The molecule has 1 aliphatic heterocycles. The van der Waals surface area contributed by atoms with Gasteiger partial charge in [-0.1, -0.05) is 23.7 Å². The van der Waals surface area contributed by atoms with E-state index >= 15 is 0 Å². The van der Waals surface area contributed by atoms with E-state index in [-0.39, 0.29) is 5.91 Å². The van der Waals surface area contributed by atoms with Crippen molar-refractivity contribution in [3.63, 3.8) is 0 Å². The van der Waals surface area contributed by atoms with Crippen LogP contribution < -0.4 is 0 Å². The number of piperazine rings is 1. The standard InChI is InChI=1S/C19H22ClN3O/c20-18-5-3-16(4-6-18)2-1-11-22-12-14-23(15-13-22)19(24)17-7-9-21-10-8-17/h3-10H,1-2,11-15H2. The van der Waals surface area contributed by atoms with Gasteiger partial charge in [-0.15, -0.1) is 0 Å². The van der Waals surface area contributed by atoms with Gasteiger partial charge < -0.3 is 4.90 Å². The van der Waals surface area contributed by atoms with E-state index in [9.17, 15) is 4.79 Å². The molecule has 0 aliphatic carbocycles. The third-order valence-corrected chi connectivity index (χ3v) is 4.69. The van der Waals surface area contributed by atoms with Crippen LogP contribution in [0.1, 0.15) is 22.3 Å². The number of aryl methyl sites for hydroxylation is 1. The van der Waals surface area contributed by atoms with Crippen molar-refractivity contribution < 1.29 is 4.79 Å². The maximum absolute atomic E-state index is 12.4. The highest BCUT2D eigenvalue weighted by Gasteiger charge is 2.21. The summed E-state index contributed by atoms with van der Waals surface area (Å²) in [6, 6.07) is 11.6. The van der Waals surface area contributed by atoms with Crippen LogP contribution in [0.4, 0.5) is 0 Å². The van der Waals surface area contributed by atoms with E-state index in [1.54, 1.807) is 24.5 Å². The van der Waals surface area contributed by atoms with Gasteiger partial charge in [0, 0.05) is 49.2 Å². The molecule has 0 unspecified atom stereocenters. The fraction of sp³-hybridized carbons (Fsp3) is 0.368. The van der Waals surface area contributed by atoms with Crippen LogP contribution in [0.2, 0.25) is 5.02 Å². The summed E-state index contributed by atoms with van der Waals surface area (Å²) >= 11 is 5.91. The minimum Gasteiger partial charge on any atom is -0.336 e. The van der Waals surface area contributed by atoms with Crippen LogP contribution in [-0.4, -0.2) is 53.4 Å². The van der Waals surface area contributed by atoms with E-state index in [1.807, 2.05) is 17.0 Å². The number of rotatable bonds is 5. The summed E-state index contributed by atoms with van der Waals surface area (Å²) in [5, 5.41) is 0.786. The molecule has 2 aromatic rings. The first kappa shape index (κ1) is 16.9. The number of hydrogen-bond donors (Lipinski definition) is 0. The fourth-order valence-electron chi connectivity index (χ4n) is 3.01. The van der Waals surface area contributed by atoms with E-state index in [2.05, 4.69) is 22.0 Å². The van der Waals surface area contributed by atoms with Crippen LogP contribution in [0.5, 0.6) is 0 Å². The van der Waals surface area contributed by atoms with Crippen LogP contribution in [0.15, 0.2) is 48.8 Å². The quantitative estimate of drug-likeness (QED) is 0.837. The first-order chi connectivity index (χ1) is 11.7. The Kier molecular flexibility index (Phi) is 5.83. The van der Waals surface area contributed by atoms with Gasteiger partial charge in [0.15, 0.2) is 0 Å². The van der Waals surface area contributed by atoms with Crippen molar-refractivity contribution in [3.05, 3.63) is 64.9 Å². The van der Waals surface area contributed by atoms with Crippen LogP contribution >= 0.6 is 11.6 Å². The molecule has 5 heteroatoms. The summed E-state index contributed by atoms with van der Waals surface area (Å²) in [5.74, 6) is 0.109. The summed E-state index contributed by atoms with van der Waals surface area (Å²) in [7, 11) is 0. The number of nitrogens with zero attached hydrogens (tertiary/aromatic N) is 3. The summed E-state index contributed by atoms with van der Waals surface area (Å²) in [5.41, 5.74) is 2.05. The number of halogens is 1. The third-order valence-electron chi connectivity index (χ3n) is 4.44. The van der Waals surface area contributed by atoms with E-state index in [4.69, 9.17) is 11.6 Å². The summed E-state index contributed by atoms with van der Waals surface area (Å²) in [4.78, 5) is 20.7. The first-order valence-corrected chi connectivity index (χ1v) is 8.76. The van der Waals surface area contributed by atoms with Gasteiger partial charge in [0.25, 0.3) is 5.91 Å². The average molecular weight is 344 g/mol. The smallest absolute Gasteiger partial charge is 0.254 e. The highest BCUT2D eigenvalue weighted by molar-refractivity contribution is 6.30. The second-order valence-corrected chi connectivity index (χ2v) is 6.54. The Labute approximate surface area is 148 Å². The molecule has 24 heavy (non-hydrogen) atoms. The normalized spacial score (nSPS) is 15.5. The SMILES string of the molecule is O=C(c1ccncc1)N1CCN(CCCc2ccc(Cl)cc2)CC1. The molecule has 0 N–H and O–H groups in total. The number of carbonyl (C=O) groups is 1. The van der Waals surface area contributed by atoms with Gasteiger partial charge in [-0.2, -0.15) is 0 Å². The Morgan fingerprint density at radius 1 is 1.00 bits per heavy atom. The lowest BCUT2D eigenvalue weighted by Crippen LogP contribution is -2.48. The van der Waals surface area contributed by atoms with E-state index in [0.717, 1.165) is 56.2 Å². The number of hydrogen-bond acceptors (Lipinski definition) is 3. The van der Waals surface area contributed by atoms with Crippen molar-refractivity contribution >= 4 is 17.5 Å². The molecule has 0 saturated carbocycles. The van der Waals surface area contributed by atoms with Crippen LogP contribution in [0, 0.1) is 0 Å². The fourth-order valence-corrected chi connectivity index (χ4v) is 3.14. The predicted molar refractivity (Wildman–Crippen MR) is 96.4 cm³/mol. The molecule has 2 heterocycles. The molecule has 0 radical (unpaired) electrons. The molecule has 0 bridgehead atoms. The van der Waals surface area contributed by atoms with Crippen molar-refractivity contribution in [2.45, 2.75) is 12.8 Å². The molecular weight excluding hydrogens is 322 g/mol. The highest BCUT2D eigenvalue weighted by Crippen LogP contribution is 2.12. The Morgan fingerprint density at radius 3 is 2.33 bits per heavy atom. The van der Waals surface area contributed by atoms with Crippen LogP contribution in [-0.2, 0) is 6.42 Å². The van der Waals surface area contributed by atoms with Crippen molar-refractivity contribution in [2.75, 3.05) is 32.7 Å². The number of aromatic nitrogens is 1. The Hall–Kier alpha value is -1.91. The van der Waals surface area contributed by atoms with Gasteiger partial charge in [0.1, 0.15) is 0 Å². The maximum atomic E-state index is 12.4. The monoisotopic (exact) mass is 343 g/mol. The van der Waals surface area contributed by atoms with E-state index < -0.39 is 0 Å². The van der Waals surface area contributed by atoms with Gasteiger partial charge in [0.2, 0.25) is 0 Å². The summed E-state index contributed by atoms with van der Waals surface area (Å²) < 4.78 is 0. The second kappa shape index (κ2) is 8.27. The van der Waals surface area contributed by atoms with Gasteiger partial charge in [0.05, 0.1) is 0 Å². The maximum Gasteiger partial charge on any atom is 0.254 e. The second-order valence-electron chi connectivity index (χ2n) is 6.10. The molecule has 1 fully saturated rings. The minimum atomic E-state index is 0.109. The molecular formula is C19H22ClN3O. The zero-order valence-corrected chi connectivity index (χ0v) is 14.5.